The van der Waals surface area contributed by atoms with Gasteiger partial charge in [0, 0.05) is 18.3 Å². The van der Waals surface area contributed by atoms with E-state index in [2.05, 4.69) is 55.1 Å². The molecule has 2 N–H and O–H groups in total. The molecule has 2 nitrogen and oxygen atoms in total. The minimum absolute atomic E-state index is 0.657. The number of rotatable bonds is 2. The second-order valence-corrected chi connectivity index (χ2v) is 6.35. The van der Waals surface area contributed by atoms with Crippen LogP contribution in [-0.4, -0.2) is 17.5 Å². The average molecular weight is 268 g/mol. The molecule has 3 rings (SSSR count). The standard InChI is InChI=1S/C18H24N2/c1-13-7-8-20(14(2)9-13)12-17-10-15-5-3-4-6-16(15)11-18(17)19/h3-6,10-11,13-14H,7-9,12,19H2,1-2H3. The lowest BCUT2D eigenvalue weighted by atomic mass is 9.92. The molecule has 2 heteroatoms. The van der Waals surface area contributed by atoms with E-state index in [9.17, 15) is 0 Å². The van der Waals surface area contributed by atoms with Gasteiger partial charge in [-0.15, -0.1) is 0 Å². The fourth-order valence-corrected chi connectivity index (χ4v) is 3.35. The second-order valence-electron chi connectivity index (χ2n) is 6.35. The number of nitrogen functional groups attached to an aromatic ring is 1. The maximum atomic E-state index is 6.25. The lowest BCUT2D eigenvalue weighted by Gasteiger charge is -2.36. The van der Waals surface area contributed by atoms with E-state index >= 15 is 0 Å². The molecule has 1 heterocycles. The van der Waals surface area contributed by atoms with E-state index < -0.39 is 0 Å². The van der Waals surface area contributed by atoms with E-state index in [0.29, 0.717) is 6.04 Å². The Morgan fingerprint density at radius 3 is 2.55 bits per heavy atom. The molecule has 1 fully saturated rings. The van der Waals surface area contributed by atoms with E-state index in [1.165, 1.54) is 35.7 Å². The maximum Gasteiger partial charge on any atom is 0.0366 e. The van der Waals surface area contributed by atoms with Crippen molar-refractivity contribution in [3.63, 3.8) is 0 Å². The van der Waals surface area contributed by atoms with Crippen molar-refractivity contribution in [2.45, 2.75) is 39.3 Å². The van der Waals surface area contributed by atoms with Crippen molar-refractivity contribution < 1.29 is 0 Å². The van der Waals surface area contributed by atoms with Crippen LogP contribution in [0.25, 0.3) is 10.8 Å². The van der Waals surface area contributed by atoms with Crippen molar-refractivity contribution >= 4 is 16.5 Å². The molecule has 1 aliphatic rings. The molecule has 2 aromatic rings. The highest BCUT2D eigenvalue weighted by atomic mass is 15.2. The molecular formula is C18H24N2. The zero-order valence-corrected chi connectivity index (χ0v) is 12.5. The van der Waals surface area contributed by atoms with Gasteiger partial charge >= 0.3 is 0 Å². The minimum Gasteiger partial charge on any atom is -0.398 e. The van der Waals surface area contributed by atoms with E-state index in [1.807, 2.05) is 0 Å². The van der Waals surface area contributed by atoms with Crippen LogP contribution in [0.15, 0.2) is 36.4 Å². The van der Waals surface area contributed by atoms with Crippen LogP contribution in [0, 0.1) is 5.92 Å². The first-order valence-corrected chi connectivity index (χ1v) is 7.64. The summed E-state index contributed by atoms with van der Waals surface area (Å²) in [4.78, 5) is 2.57. The third-order valence-electron chi connectivity index (χ3n) is 4.66. The SMILES string of the molecule is CC1CCN(Cc2cc3ccccc3cc2N)C(C)C1. The predicted molar refractivity (Wildman–Crippen MR) is 86.6 cm³/mol. The number of fused-ring (bicyclic) bond motifs is 1. The van der Waals surface area contributed by atoms with E-state index in [1.54, 1.807) is 0 Å². The first-order valence-electron chi connectivity index (χ1n) is 7.64. The third kappa shape index (κ3) is 2.66. The monoisotopic (exact) mass is 268 g/mol. The molecule has 0 saturated carbocycles. The van der Waals surface area contributed by atoms with Crippen LogP contribution >= 0.6 is 0 Å². The fourth-order valence-electron chi connectivity index (χ4n) is 3.35. The van der Waals surface area contributed by atoms with Gasteiger partial charge in [0.15, 0.2) is 0 Å². The number of anilines is 1. The molecule has 0 bridgehead atoms. The molecule has 0 aliphatic carbocycles. The molecule has 2 atom stereocenters. The minimum atomic E-state index is 0.657. The lowest BCUT2D eigenvalue weighted by Crippen LogP contribution is -2.39. The summed E-state index contributed by atoms with van der Waals surface area (Å²) in [6, 6.07) is 13.5. The van der Waals surface area contributed by atoms with Crippen molar-refractivity contribution in [3.8, 4) is 0 Å². The van der Waals surface area contributed by atoms with Gasteiger partial charge in [0.2, 0.25) is 0 Å². The molecule has 0 spiro atoms. The van der Waals surface area contributed by atoms with Crippen molar-refractivity contribution in [1.29, 1.82) is 0 Å². The number of piperidine rings is 1. The van der Waals surface area contributed by atoms with Crippen LogP contribution in [0.2, 0.25) is 0 Å². The quantitative estimate of drug-likeness (QED) is 0.833. The highest BCUT2D eigenvalue weighted by Crippen LogP contribution is 2.27. The highest BCUT2D eigenvalue weighted by molar-refractivity contribution is 5.86. The van der Waals surface area contributed by atoms with Crippen LogP contribution in [0.3, 0.4) is 0 Å². The van der Waals surface area contributed by atoms with Crippen molar-refractivity contribution in [2.24, 2.45) is 5.92 Å². The lowest BCUT2D eigenvalue weighted by molar-refractivity contribution is 0.122. The Kier molecular flexibility index (Phi) is 3.66. The van der Waals surface area contributed by atoms with Gasteiger partial charge in [-0.2, -0.15) is 0 Å². The Hall–Kier alpha value is -1.54. The summed E-state index contributed by atoms with van der Waals surface area (Å²) >= 11 is 0. The number of hydrogen-bond donors (Lipinski definition) is 1. The van der Waals surface area contributed by atoms with Crippen LogP contribution in [-0.2, 0) is 6.54 Å². The normalized spacial score (nSPS) is 24.1. The van der Waals surface area contributed by atoms with Gasteiger partial charge < -0.3 is 5.73 Å². The summed E-state index contributed by atoms with van der Waals surface area (Å²) in [7, 11) is 0. The van der Waals surface area contributed by atoms with E-state index in [4.69, 9.17) is 5.73 Å². The molecule has 0 amide bonds. The van der Waals surface area contributed by atoms with E-state index in [-0.39, 0.29) is 0 Å². The summed E-state index contributed by atoms with van der Waals surface area (Å²) in [5, 5.41) is 2.52. The highest BCUT2D eigenvalue weighted by Gasteiger charge is 2.23. The Morgan fingerprint density at radius 2 is 1.85 bits per heavy atom. The van der Waals surface area contributed by atoms with Crippen LogP contribution < -0.4 is 5.73 Å². The summed E-state index contributed by atoms with van der Waals surface area (Å²) in [5.74, 6) is 0.857. The Balaban J connectivity index is 1.85. The fraction of sp³-hybridized carbons (Fsp3) is 0.444. The zero-order chi connectivity index (χ0) is 14.1. The number of hydrogen-bond acceptors (Lipinski definition) is 2. The van der Waals surface area contributed by atoms with Crippen LogP contribution in [0.5, 0.6) is 0 Å². The topological polar surface area (TPSA) is 29.3 Å². The van der Waals surface area contributed by atoms with Gasteiger partial charge in [-0.25, -0.2) is 0 Å². The first-order chi connectivity index (χ1) is 9.63. The molecule has 2 unspecified atom stereocenters. The maximum absolute atomic E-state index is 6.25. The molecule has 1 aliphatic heterocycles. The average Bonchev–Trinajstić information content (AvgIpc) is 2.42. The van der Waals surface area contributed by atoms with Gasteiger partial charge in [0.25, 0.3) is 0 Å². The molecular weight excluding hydrogens is 244 g/mol. The van der Waals surface area contributed by atoms with E-state index in [0.717, 1.165) is 18.2 Å². The smallest absolute Gasteiger partial charge is 0.0366 e. The Bertz CT molecular complexity index is 605. The van der Waals surface area contributed by atoms with Gasteiger partial charge in [-0.3, -0.25) is 4.90 Å². The third-order valence-corrected chi connectivity index (χ3v) is 4.66. The van der Waals surface area contributed by atoms with Crippen molar-refractivity contribution in [3.05, 3.63) is 42.0 Å². The first kappa shape index (κ1) is 13.4. The van der Waals surface area contributed by atoms with Gasteiger partial charge in [0.1, 0.15) is 0 Å². The molecule has 0 aromatic heterocycles. The number of likely N-dealkylation sites (tertiary alicyclic amines) is 1. The predicted octanol–water partition coefficient (Wildman–Crippen LogP) is 4.04. The molecule has 2 aromatic carbocycles. The largest absolute Gasteiger partial charge is 0.398 e. The summed E-state index contributed by atoms with van der Waals surface area (Å²) in [6.45, 7) is 6.87. The second kappa shape index (κ2) is 5.45. The zero-order valence-electron chi connectivity index (χ0n) is 12.5. The van der Waals surface area contributed by atoms with Crippen LogP contribution in [0.4, 0.5) is 5.69 Å². The number of nitrogens with two attached hydrogens (primary N) is 1. The Morgan fingerprint density at radius 1 is 1.15 bits per heavy atom. The van der Waals surface area contributed by atoms with Crippen LogP contribution in [0.1, 0.15) is 32.3 Å². The molecule has 20 heavy (non-hydrogen) atoms. The van der Waals surface area contributed by atoms with Crippen molar-refractivity contribution in [2.75, 3.05) is 12.3 Å². The summed E-state index contributed by atoms with van der Waals surface area (Å²) in [6.07, 6.45) is 2.60. The van der Waals surface area contributed by atoms with Gasteiger partial charge in [-0.1, -0.05) is 31.2 Å². The Labute approximate surface area is 121 Å². The molecule has 1 saturated heterocycles. The summed E-state index contributed by atoms with van der Waals surface area (Å²) in [5.41, 5.74) is 8.44. The van der Waals surface area contributed by atoms with Gasteiger partial charge in [0.05, 0.1) is 0 Å². The van der Waals surface area contributed by atoms with Crippen molar-refractivity contribution in [1.82, 2.24) is 4.90 Å². The van der Waals surface area contributed by atoms with Gasteiger partial charge in [-0.05, 0) is 60.7 Å². The summed E-state index contributed by atoms with van der Waals surface area (Å²) < 4.78 is 0. The number of nitrogens with zero attached hydrogens (tertiary/aromatic N) is 1. The molecule has 0 radical (unpaired) electrons. The molecule has 106 valence electrons. The number of benzene rings is 2.